The summed E-state index contributed by atoms with van der Waals surface area (Å²) in [6.07, 6.45) is 4.62. The van der Waals surface area contributed by atoms with Crippen molar-refractivity contribution in [2.45, 2.75) is 32.6 Å². The first-order chi connectivity index (χ1) is 5.18. The van der Waals surface area contributed by atoms with E-state index in [1.54, 1.807) is 0 Å². The predicted octanol–water partition coefficient (Wildman–Crippen LogP) is 0.636. The fourth-order valence-electron chi connectivity index (χ4n) is 0.829. The molecule has 0 aromatic carbocycles. The first-order valence-electron chi connectivity index (χ1n) is 4.04. The minimum atomic E-state index is -0.0542. The average Bonchev–Trinajstić information content (AvgIpc) is 1.97. The van der Waals surface area contributed by atoms with Gasteiger partial charge in [0.05, 0.1) is 0 Å². The monoisotopic (exact) mass is 158 g/mol. The van der Waals surface area contributed by atoms with E-state index in [4.69, 9.17) is 17.0 Å². The molecule has 0 spiro atoms. The van der Waals surface area contributed by atoms with Gasteiger partial charge in [-0.3, -0.25) is 10.4 Å². The van der Waals surface area contributed by atoms with Crippen molar-refractivity contribution in [3.05, 3.63) is 0 Å². The number of hydrogen-bond acceptors (Lipinski definition) is 2. The van der Waals surface area contributed by atoms with Gasteiger partial charge in [-0.1, -0.05) is 26.2 Å². The van der Waals surface area contributed by atoms with Gasteiger partial charge in [-0.15, -0.1) is 0 Å². The number of hydrazine groups is 1. The van der Waals surface area contributed by atoms with Crippen molar-refractivity contribution in [1.29, 1.82) is 5.41 Å². The minimum Gasteiger partial charge on any atom is -0.369 e. The Balaban J connectivity index is 3.17. The van der Waals surface area contributed by atoms with Crippen LogP contribution in [-0.4, -0.2) is 17.5 Å². The molecule has 66 valence electrons. The molecule has 0 bridgehead atoms. The van der Waals surface area contributed by atoms with Crippen molar-refractivity contribution in [3.63, 3.8) is 0 Å². The van der Waals surface area contributed by atoms with Crippen LogP contribution in [0.5, 0.6) is 0 Å². The molecule has 0 fully saturated rings. The molecule has 0 radical (unpaired) electrons. The van der Waals surface area contributed by atoms with Crippen molar-refractivity contribution in [2.75, 3.05) is 6.54 Å². The van der Waals surface area contributed by atoms with Crippen molar-refractivity contribution in [1.82, 2.24) is 5.01 Å². The van der Waals surface area contributed by atoms with Gasteiger partial charge < -0.3 is 5.73 Å². The number of nitrogens with zero attached hydrogens (tertiary/aromatic N) is 1. The smallest absolute Gasteiger partial charge is 0.202 e. The fraction of sp³-hybridized carbons (Fsp3) is 0.857. The molecule has 0 unspecified atom stereocenters. The summed E-state index contributed by atoms with van der Waals surface area (Å²) in [6.45, 7) is 2.85. The van der Waals surface area contributed by atoms with Crippen LogP contribution in [0.4, 0.5) is 0 Å². The zero-order valence-electron chi connectivity index (χ0n) is 7.14. The molecular formula is C7H18N4. The van der Waals surface area contributed by atoms with Gasteiger partial charge in [0.2, 0.25) is 5.96 Å². The van der Waals surface area contributed by atoms with Gasteiger partial charge in [0.25, 0.3) is 0 Å². The van der Waals surface area contributed by atoms with Crippen molar-refractivity contribution < 1.29 is 0 Å². The van der Waals surface area contributed by atoms with Gasteiger partial charge in [-0.25, -0.2) is 5.84 Å². The van der Waals surface area contributed by atoms with E-state index in [0.717, 1.165) is 12.8 Å². The molecule has 11 heavy (non-hydrogen) atoms. The lowest BCUT2D eigenvalue weighted by Gasteiger charge is -2.14. The molecule has 4 heteroatoms. The number of hydrogen-bond donors (Lipinski definition) is 3. The lowest BCUT2D eigenvalue weighted by molar-refractivity contribution is 0.411. The van der Waals surface area contributed by atoms with Gasteiger partial charge in [0.15, 0.2) is 0 Å². The van der Waals surface area contributed by atoms with Crippen molar-refractivity contribution in [3.8, 4) is 0 Å². The summed E-state index contributed by atoms with van der Waals surface area (Å²) in [4.78, 5) is 0. The third-order valence-electron chi connectivity index (χ3n) is 1.56. The molecule has 4 nitrogen and oxygen atoms in total. The molecule has 0 saturated heterocycles. The number of nitrogens with two attached hydrogens (primary N) is 2. The standard InChI is InChI=1S/C7H18N4/c1-2-3-4-5-6-11(10)7(8)9/h2-6,10H2,1H3,(H3,8,9). The lowest BCUT2D eigenvalue weighted by Crippen LogP contribution is -2.42. The lowest BCUT2D eigenvalue weighted by atomic mass is 10.2. The van der Waals surface area contributed by atoms with Crippen LogP contribution in [0.3, 0.4) is 0 Å². The van der Waals surface area contributed by atoms with Gasteiger partial charge in [-0.05, 0) is 6.42 Å². The summed E-state index contributed by atoms with van der Waals surface area (Å²) < 4.78 is 0. The van der Waals surface area contributed by atoms with Gasteiger partial charge in [-0.2, -0.15) is 0 Å². The summed E-state index contributed by atoms with van der Waals surface area (Å²) in [5.41, 5.74) is 5.13. The average molecular weight is 158 g/mol. The number of guanidine groups is 1. The van der Waals surface area contributed by atoms with E-state index >= 15 is 0 Å². The summed E-state index contributed by atoms with van der Waals surface area (Å²) in [6, 6.07) is 0. The first-order valence-corrected chi connectivity index (χ1v) is 4.04. The van der Waals surface area contributed by atoms with Gasteiger partial charge >= 0.3 is 0 Å². The Morgan fingerprint density at radius 3 is 2.45 bits per heavy atom. The maximum Gasteiger partial charge on any atom is 0.202 e. The molecule has 0 aromatic heterocycles. The third-order valence-corrected chi connectivity index (χ3v) is 1.56. The third kappa shape index (κ3) is 5.66. The Bertz CT molecular complexity index is 113. The minimum absolute atomic E-state index is 0.0542. The van der Waals surface area contributed by atoms with E-state index < -0.39 is 0 Å². The maximum absolute atomic E-state index is 6.96. The summed E-state index contributed by atoms with van der Waals surface area (Å²) in [5.74, 6) is 5.33. The molecule has 0 amide bonds. The molecule has 0 aliphatic carbocycles. The van der Waals surface area contributed by atoms with Crippen molar-refractivity contribution >= 4 is 5.96 Å². The second kappa shape index (κ2) is 5.97. The molecular weight excluding hydrogens is 140 g/mol. The van der Waals surface area contributed by atoms with E-state index in [9.17, 15) is 0 Å². The Morgan fingerprint density at radius 1 is 1.36 bits per heavy atom. The predicted molar refractivity (Wildman–Crippen MR) is 46.9 cm³/mol. The summed E-state index contributed by atoms with van der Waals surface area (Å²) >= 11 is 0. The Kier molecular flexibility index (Phi) is 5.56. The fourth-order valence-corrected chi connectivity index (χ4v) is 0.829. The van der Waals surface area contributed by atoms with E-state index in [2.05, 4.69) is 6.92 Å². The highest BCUT2D eigenvalue weighted by atomic mass is 15.4. The van der Waals surface area contributed by atoms with Gasteiger partial charge in [0.1, 0.15) is 0 Å². The summed E-state index contributed by atoms with van der Waals surface area (Å²) in [5, 5.41) is 8.23. The van der Waals surface area contributed by atoms with Crippen LogP contribution in [0.25, 0.3) is 0 Å². The summed E-state index contributed by atoms with van der Waals surface area (Å²) in [7, 11) is 0. The quantitative estimate of drug-likeness (QED) is 0.180. The highest BCUT2D eigenvalue weighted by molar-refractivity contribution is 5.73. The largest absolute Gasteiger partial charge is 0.369 e. The molecule has 0 heterocycles. The highest BCUT2D eigenvalue weighted by Gasteiger charge is 1.97. The van der Waals surface area contributed by atoms with Crippen LogP contribution in [-0.2, 0) is 0 Å². The van der Waals surface area contributed by atoms with Crippen molar-refractivity contribution in [2.24, 2.45) is 11.6 Å². The molecule has 0 saturated carbocycles. The molecule has 5 N–H and O–H groups in total. The number of nitrogens with one attached hydrogen (secondary N) is 1. The van der Waals surface area contributed by atoms with Crippen LogP contribution in [0.2, 0.25) is 0 Å². The van der Waals surface area contributed by atoms with Crippen LogP contribution in [0, 0.1) is 5.41 Å². The Morgan fingerprint density at radius 2 is 2.00 bits per heavy atom. The molecule has 0 atom stereocenters. The second-order valence-corrected chi connectivity index (χ2v) is 2.64. The van der Waals surface area contributed by atoms with E-state index in [0.29, 0.717) is 6.54 Å². The molecule has 0 aliphatic heterocycles. The Hall–Kier alpha value is -0.770. The zero-order valence-corrected chi connectivity index (χ0v) is 7.14. The number of unbranched alkanes of at least 4 members (excludes halogenated alkanes) is 3. The van der Waals surface area contributed by atoms with Crippen LogP contribution in [0.15, 0.2) is 0 Å². The topological polar surface area (TPSA) is 79.1 Å². The van der Waals surface area contributed by atoms with Crippen LogP contribution in [0.1, 0.15) is 32.6 Å². The van der Waals surface area contributed by atoms with E-state index in [-0.39, 0.29) is 5.96 Å². The molecule has 0 rings (SSSR count). The normalized spacial score (nSPS) is 9.64. The van der Waals surface area contributed by atoms with E-state index in [1.807, 2.05) is 0 Å². The number of rotatable bonds is 5. The SMILES string of the molecule is CCCCCCN(N)C(=N)N. The molecule has 0 aromatic rings. The van der Waals surface area contributed by atoms with E-state index in [1.165, 1.54) is 17.9 Å². The zero-order chi connectivity index (χ0) is 8.69. The molecule has 0 aliphatic rings. The highest BCUT2D eigenvalue weighted by Crippen LogP contribution is 1.98. The second-order valence-electron chi connectivity index (χ2n) is 2.64. The van der Waals surface area contributed by atoms with Crippen LogP contribution >= 0.6 is 0 Å². The van der Waals surface area contributed by atoms with Crippen LogP contribution < -0.4 is 11.6 Å². The van der Waals surface area contributed by atoms with Gasteiger partial charge in [0, 0.05) is 6.54 Å². The Labute approximate surface area is 68.0 Å². The maximum atomic E-state index is 6.96. The first kappa shape index (κ1) is 10.2.